The van der Waals surface area contributed by atoms with Gasteiger partial charge >= 0.3 is 19.0 Å². The third-order valence-electron chi connectivity index (χ3n) is 6.29. The Balaban J connectivity index is 1.81. The number of anilines is 1. The fourth-order valence-corrected chi connectivity index (χ4v) is 4.19. The number of rotatable bonds is 4. The van der Waals surface area contributed by atoms with Gasteiger partial charge in [-0.05, 0) is 43.0 Å². The summed E-state index contributed by atoms with van der Waals surface area (Å²) < 4.78 is 118. The summed E-state index contributed by atoms with van der Waals surface area (Å²) in [5.74, 6) is -3.50. The van der Waals surface area contributed by atoms with Gasteiger partial charge in [0.1, 0.15) is 11.4 Å². The zero-order valence-corrected chi connectivity index (χ0v) is 20.8. The maximum Gasteiger partial charge on any atom is 0.426 e. The summed E-state index contributed by atoms with van der Waals surface area (Å²) in [5, 5.41) is 17.1. The Labute approximate surface area is 225 Å². The molecule has 222 valence electrons. The van der Waals surface area contributed by atoms with Crippen LogP contribution >= 0.6 is 0 Å². The molecule has 41 heavy (non-hydrogen) atoms. The average molecular weight is 595 g/mol. The van der Waals surface area contributed by atoms with Crippen LogP contribution in [-0.4, -0.2) is 50.4 Å². The number of hydrogen-bond acceptors (Lipinski definition) is 8. The van der Waals surface area contributed by atoms with Crippen LogP contribution in [0.5, 0.6) is 5.75 Å². The maximum atomic E-state index is 14.0. The number of fused-ring (bicyclic) bond motifs is 5. The highest BCUT2D eigenvalue weighted by atomic mass is 19.4. The lowest BCUT2D eigenvalue weighted by molar-refractivity contribution is -0.277. The van der Waals surface area contributed by atoms with Gasteiger partial charge in [-0.15, -0.1) is 10.2 Å². The number of aliphatic hydroxyl groups is 1. The zero-order valence-electron chi connectivity index (χ0n) is 20.8. The highest BCUT2D eigenvalue weighted by Gasteiger charge is 2.58. The summed E-state index contributed by atoms with van der Waals surface area (Å²) in [6, 6.07) is 5.33. The minimum Gasteiger partial charge on any atom is -0.435 e. The number of pyridine rings is 1. The molecule has 3 aromatic rings. The summed E-state index contributed by atoms with van der Waals surface area (Å²) in [6.45, 7) is -3.64. The van der Waals surface area contributed by atoms with Crippen molar-refractivity contribution in [2.24, 2.45) is 0 Å². The molecule has 1 atom stereocenters. The Morgan fingerprint density at radius 1 is 1.05 bits per heavy atom. The average Bonchev–Trinajstić information content (AvgIpc) is 3.36. The first-order chi connectivity index (χ1) is 19.1. The van der Waals surface area contributed by atoms with Gasteiger partial charge in [-0.3, -0.25) is 4.79 Å². The minimum absolute atomic E-state index is 0.0108. The van der Waals surface area contributed by atoms with Crippen LogP contribution in [0.3, 0.4) is 0 Å². The van der Waals surface area contributed by atoms with Gasteiger partial charge in [0.2, 0.25) is 5.60 Å². The van der Waals surface area contributed by atoms with Gasteiger partial charge in [0.05, 0.1) is 11.3 Å². The lowest BCUT2D eigenvalue weighted by Crippen LogP contribution is -2.42. The number of nitrogen functional groups attached to an aromatic ring is 1. The summed E-state index contributed by atoms with van der Waals surface area (Å²) in [6.07, 6.45) is -11.5. The molecule has 1 aliphatic rings. The Morgan fingerprint density at radius 2 is 1.73 bits per heavy atom. The van der Waals surface area contributed by atoms with Crippen LogP contribution in [0.15, 0.2) is 34.7 Å². The number of carbonyl (C=O) groups excluding carboxylic acids is 1. The van der Waals surface area contributed by atoms with Crippen LogP contribution < -0.4 is 10.5 Å². The van der Waals surface area contributed by atoms with Crippen molar-refractivity contribution >= 4 is 11.6 Å². The van der Waals surface area contributed by atoms with Crippen molar-refractivity contribution < 1.29 is 54.2 Å². The van der Waals surface area contributed by atoms with Crippen molar-refractivity contribution in [2.75, 3.05) is 12.3 Å². The number of benzene rings is 1. The second-order valence-electron chi connectivity index (χ2n) is 9.15. The SMILES string of the molecule is Nc1cc(C(F)(F)F)c2nc1-c1nnc(o1)[C@@](O)(C(F)(F)F)CCCCCN(Cc1ccc(OC(F)F)cc1)C2=O. The monoisotopic (exact) mass is 595 g/mol. The maximum absolute atomic E-state index is 14.0. The standard InChI is InChI=1S/C24H21F8N5O4/c25-21(26)40-13-6-4-12(5-7-13)11-37-9-3-1-2-8-22(39,24(30,31)32)20-36-35-18(41-20)17-15(33)10-14(23(27,28)29)16(34-17)19(37)38/h4-7,10,21,39H,1-3,8-9,11,33H2/t22-/m1/s1. The number of amides is 1. The number of nitrogens with two attached hydrogens (primary N) is 1. The van der Waals surface area contributed by atoms with Crippen molar-refractivity contribution in [1.29, 1.82) is 0 Å². The number of halogens is 8. The van der Waals surface area contributed by atoms with Crippen molar-refractivity contribution in [2.45, 2.75) is 56.8 Å². The molecule has 3 N–H and O–H groups in total. The molecular formula is C24H21F8N5O4. The molecule has 9 nitrogen and oxygen atoms in total. The molecular weight excluding hydrogens is 574 g/mol. The predicted octanol–water partition coefficient (Wildman–Crippen LogP) is 5.30. The molecule has 0 radical (unpaired) electrons. The second kappa shape index (κ2) is 11.1. The summed E-state index contributed by atoms with van der Waals surface area (Å²) in [4.78, 5) is 18.2. The molecule has 17 heteroatoms. The molecule has 3 heterocycles. The molecule has 4 rings (SSSR count). The van der Waals surface area contributed by atoms with Gasteiger partial charge in [-0.25, -0.2) is 4.98 Å². The van der Waals surface area contributed by atoms with Gasteiger partial charge < -0.3 is 24.9 Å². The summed E-state index contributed by atoms with van der Waals surface area (Å²) in [7, 11) is 0. The fourth-order valence-electron chi connectivity index (χ4n) is 4.19. The van der Waals surface area contributed by atoms with E-state index in [1.165, 1.54) is 24.3 Å². The van der Waals surface area contributed by atoms with Crippen molar-refractivity contribution in [3.8, 4) is 17.3 Å². The number of carbonyl (C=O) groups is 1. The zero-order chi connectivity index (χ0) is 30.2. The molecule has 0 fully saturated rings. The fraction of sp³-hybridized carbons (Fsp3) is 0.417. The normalized spacial score (nSPS) is 18.9. The van der Waals surface area contributed by atoms with Crippen molar-refractivity contribution in [3.05, 3.63) is 53.0 Å². The smallest absolute Gasteiger partial charge is 0.426 e. The van der Waals surface area contributed by atoms with E-state index in [4.69, 9.17) is 10.2 Å². The van der Waals surface area contributed by atoms with E-state index in [0.717, 1.165) is 4.90 Å². The van der Waals surface area contributed by atoms with Gasteiger partial charge in [-0.1, -0.05) is 18.6 Å². The number of alkyl halides is 8. The highest BCUT2D eigenvalue weighted by Crippen LogP contribution is 2.43. The van der Waals surface area contributed by atoms with Crippen LogP contribution in [0.1, 0.15) is 53.2 Å². The van der Waals surface area contributed by atoms with Crippen molar-refractivity contribution in [3.63, 3.8) is 0 Å². The van der Waals surface area contributed by atoms with Crippen LogP contribution in [0, 0.1) is 0 Å². The molecule has 0 unspecified atom stereocenters. The van der Waals surface area contributed by atoms with Crippen molar-refractivity contribution in [1.82, 2.24) is 20.1 Å². The van der Waals surface area contributed by atoms with Gasteiger partial charge in [0.15, 0.2) is 5.69 Å². The van der Waals surface area contributed by atoms with Crippen LogP contribution in [0.25, 0.3) is 11.6 Å². The molecule has 0 spiro atoms. The number of aromatic nitrogens is 3. The number of ether oxygens (including phenoxy) is 1. The Kier molecular flexibility index (Phi) is 8.11. The van der Waals surface area contributed by atoms with E-state index in [1.54, 1.807) is 0 Å². The van der Waals surface area contributed by atoms with E-state index >= 15 is 0 Å². The first-order valence-corrected chi connectivity index (χ1v) is 11.9. The van der Waals surface area contributed by atoms with Gasteiger partial charge in [0, 0.05) is 13.1 Å². The number of hydrogen-bond donors (Lipinski definition) is 2. The Hall–Kier alpha value is -4.02. The van der Waals surface area contributed by atoms with Crippen LogP contribution in [0.2, 0.25) is 0 Å². The topological polar surface area (TPSA) is 128 Å². The summed E-state index contributed by atoms with van der Waals surface area (Å²) in [5.41, 5.74) is -1.62. The van der Waals surface area contributed by atoms with Gasteiger partial charge in [0.25, 0.3) is 17.7 Å². The second-order valence-corrected chi connectivity index (χ2v) is 9.15. The predicted molar refractivity (Wildman–Crippen MR) is 123 cm³/mol. The highest BCUT2D eigenvalue weighted by molar-refractivity contribution is 5.95. The quantitative estimate of drug-likeness (QED) is 0.389. The summed E-state index contributed by atoms with van der Waals surface area (Å²) >= 11 is 0. The molecule has 0 aliphatic carbocycles. The van der Waals surface area contributed by atoms with E-state index in [2.05, 4.69) is 19.9 Å². The lowest BCUT2D eigenvalue weighted by Gasteiger charge is -2.27. The van der Waals surface area contributed by atoms with E-state index < -0.39 is 71.3 Å². The molecule has 2 aromatic heterocycles. The third kappa shape index (κ3) is 6.34. The molecule has 0 saturated carbocycles. The Morgan fingerprint density at radius 3 is 2.34 bits per heavy atom. The molecule has 1 aliphatic heterocycles. The van der Waals surface area contributed by atoms with Crippen LogP contribution in [0.4, 0.5) is 40.8 Å². The molecule has 4 bridgehead atoms. The molecule has 0 saturated heterocycles. The van der Waals surface area contributed by atoms with E-state index in [1.807, 2.05) is 0 Å². The third-order valence-corrected chi connectivity index (χ3v) is 6.29. The van der Waals surface area contributed by atoms with Gasteiger partial charge in [-0.2, -0.15) is 35.1 Å². The number of nitrogens with zero attached hydrogens (tertiary/aromatic N) is 4. The lowest BCUT2D eigenvalue weighted by atomic mass is 9.95. The van der Waals surface area contributed by atoms with E-state index in [0.29, 0.717) is 11.6 Å². The first kappa shape index (κ1) is 30.0. The van der Waals surface area contributed by atoms with E-state index in [-0.39, 0.29) is 38.1 Å². The largest absolute Gasteiger partial charge is 0.435 e. The molecule has 1 amide bonds. The first-order valence-electron chi connectivity index (χ1n) is 11.9. The molecule has 1 aromatic carbocycles. The van der Waals surface area contributed by atoms with E-state index in [9.17, 15) is 45.0 Å². The van der Waals surface area contributed by atoms with Crippen LogP contribution in [-0.2, 0) is 18.3 Å². The Bertz CT molecular complexity index is 1390. The minimum atomic E-state index is -5.25.